The molecular formula is C14H17N5O2S. The molecule has 0 saturated carbocycles. The van der Waals surface area contributed by atoms with Crippen LogP contribution >= 0.6 is 11.3 Å². The van der Waals surface area contributed by atoms with Crippen LogP contribution in [0.25, 0.3) is 0 Å². The predicted molar refractivity (Wildman–Crippen MR) is 81.0 cm³/mol. The third-order valence-corrected chi connectivity index (χ3v) is 4.59. The van der Waals surface area contributed by atoms with E-state index in [0.29, 0.717) is 25.8 Å². The fraction of sp³-hybridized carbons (Fsp3) is 0.429. The standard InChI is InChI=1S/C14H17N5O2S/c20-12-4-3-10(14(18-12)11-2-1-7-22-11)17-13(21)5-6-19-9-15-8-16-19/h1-2,7-10,14H,3-6H2,(H,17,21)(H,18,20)/t10-,14-/m1/s1. The number of rotatable bonds is 5. The van der Waals surface area contributed by atoms with Gasteiger partial charge < -0.3 is 10.6 Å². The summed E-state index contributed by atoms with van der Waals surface area (Å²) in [5.41, 5.74) is 0. The molecule has 2 aromatic heterocycles. The summed E-state index contributed by atoms with van der Waals surface area (Å²) in [7, 11) is 0. The molecule has 1 aliphatic rings. The van der Waals surface area contributed by atoms with Crippen molar-refractivity contribution in [2.45, 2.75) is 37.9 Å². The first kappa shape index (κ1) is 14.7. The molecule has 8 heteroatoms. The normalized spacial score (nSPS) is 21.4. The minimum atomic E-state index is -0.142. The molecule has 1 fully saturated rings. The molecular weight excluding hydrogens is 302 g/mol. The Kier molecular flexibility index (Phi) is 4.47. The Labute approximate surface area is 131 Å². The van der Waals surface area contributed by atoms with Crippen molar-refractivity contribution in [1.29, 1.82) is 0 Å². The van der Waals surface area contributed by atoms with Gasteiger partial charge in [-0.05, 0) is 17.9 Å². The van der Waals surface area contributed by atoms with Gasteiger partial charge in [-0.2, -0.15) is 5.10 Å². The second kappa shape index (κ2) is 6.69. The Morgan fingerprint density at radius 2 is 2.45 bits per heavy atom. The molecule has 0 radical (unpaired) electrons. The van der Waals surface area contributed by atoms with Crippen molar-refractivity contribution in [3.05, 3.63) is 35.0 Å². The molecule has 0 aliphatic carbocycles. The molecule has 0 bridgehead atoms. The van der Waals surface area contributed by atoms with E-state index in [4.69, 9.17) is 0 Å². The molecule has 1 aliphatic heterocycles. The van der Waals surface area contributed by atoms with Gasteiger partial charge in [0.15, 0.2) is 0 Å². The van der Waals surface area contributed by atoms with Crippen molar-refractivity contribution in [3.8, 4) is 0 Å². The lowest BCUT2D eigenvalue weighted by Crippen LogP contribution is -2.50. The highest BCUT2D eigenvalue weighted by Crippen LogP contribution is 2.27. The molecule has 3 rings (SSSR count). The molecule has 0 spiro atoms. The first-order valence-electron chi connectivity index (χ1n) is 7.17. The maximum absolute atomic E-state index is 12.1. The van der Waals surface area contributed by atoms with Crippen LogP contribution in [-0.2, 0) is 16.1 Å². The van der Waals surface area contributed by atoms with Crippen molar-refractivity contribution in [1.82, 2.24) is 25.4 Å². The van der Waals surface area contributed by atoms with Crippen molar-refractivity contribution < 1.29 is 9.59 Å². The summed E-state index contributed by atoms with van der Waals surface area (Å²) in [5, 5.41) is 11.9. The Hall–Kier alpha value is -2.22. The highest BCUT2D eigenvalue weighted by Gasteiger charge is 2.31. The van der Waals surface area contributed by atoms with Gasteiger partial charge in [0.1, 0.15) is 12.7 Å². The zero-order valence-corrected chi connectivity index (χ0v) is 12.8. The Balaban J connectivity index is 1.59. The van der Waals surface area contributed by atoms with E-state index in [1.807, 2.05) is 17.5 Å². The van der Waals surface area contributed by atoms with Crippen LogP contribution in [0, 0.1) is 0 Å². The minimum Gasteiger partial charge on any atom is -0.351 e. The van der Waals surface area contributed by atoms with E-state index in [0.717, 1.165) is 4.88 Å². The Bertz CT molecular complexity index is 626. The molecule has 2 atom stereocenters. The predicted octanol–water partition coefficient (Wildman–Crippen LogP) is 0.866. The van der Waals surface area contributed by atoms with Crippen LogP contribution < -0.4 is 10.6 Å². The van der Waals surface area contributed by atoms with Crippen LogP contribution in [0.4, 0.5) is 0 Å². The second-order valence-electron chi connectivity index (χ2n) is 5.18. The van der Waals surface area contributed by atoms with Gasteiger partial charge in [0.05, 0.1) is 18.6 Å². The minimum absolute atomic E-state index is 0.0338. The monoisotopic (exact) mass is 319 g/mol. The fourth-order valence-electron chi connectivity index (χ4n) is 2.54. The number of aromatic nitrogens is 3. The van der Waals surface area contributed by atoms with E-state index in [-0.39, 0.29) is 23.9 Å². The number of nitrogens with one attached hydrogen (secondary N) is 2. The number of nitrogens with zero attached hydrogens (tertiary/aromatic N) is 3. The lowest BCUT2D eigenvalue weighted by molar-refractivity contribution is -0.127. The molecule has 7 nitrogen and oxygen atoms in total. The summed E-state index contributed by atoms with van der Waals surface area (Å²) in [6.07, 6.45) is 4.47. The Morgan fingerprint density at radius 1 is 1.55 bits per heavy atom. The highest BCUT2D eigenvalue weighted by molar-refractivity contribution is 7.10. The van der Waals surface area contributed by atoms with Crippen molar-refractivity contribution in [2.24, 2.45) is 0 Å². The largest absolute Gasteiger partial charge is 0.351 e. The van der Waals surface area contributed by atoms with E-state index in [2.05, 4.69) is 20.7 Å². The summed E-state index contributed by atoms with van der Waals surface area (Å²) in [5.74, 6) is -0.00952. The number of aryl methyl sites for hydroxylation is 1. The molecule has 0 aromatic carbocycles. The van der Waals surface area contributed by atoms with E-state index in [1.165, 1.54) is 6.33 Å². The molecule has 2 aromatic rings. The van der Waals surface area contributed by atoms with Crippen LogP contribution in [0.2, 0.25) is 0 Å². The molecule has 116 valence electrons. The molecule has 0 unspecified atom stereocenters. The fourth-order valence-corrected chi connectivity index (χ4v) is 3.38. The number of carbonyl (C=O) groups is 2. The average molecular weight is 319 g/mol. The maximum atomic E-state index is 12.1. The number of carbonyl (C=O) groups excluding carboxylic acids is 2. The summed E-state index contributed by atoms with van der Waals surface area (Å²) in [4.78, 5) is 28.7. The van der Waals surface area contributed by atoms with Gasteiger partial charge in [-0.15, -0.1) is 11.3 Å². The smallest absolute Gasteiger partial charge is 0.222 e. The van der Waals surface area contributed by atoms with Crippen molar-refractivity contribution >= 4 is 23.2 Å². The van der Waals surface area contributed by atoms with Crippen LogP contribution in [-0.4, -0.2) is 32.6 Å². The van der Waals surface area contributed by atoms with E-state index >= 15 is 0 Å². The molecule has 22 heavy (non-hydrogen) atoms. The SMILES string of the molecule is O=C(CCn1cncn1)N[C@@H]1CCC(=O)N[C@H]1c1cccs1. The second-order valence-corrected chi connectivity index (χ2v) is 6.16. The lowest BCUT2D eigenvalue weighted by Gasteiger charge is -2.32. The van der Waals surface area contributed by atoms with Gasteiger partial charge in [0.2, 0.25) is 11.8 Å². The molecule has 2 N–H and O–H groups in total. The van der Waals surface area contributed by atoms with Crippen LogP contribution in [0.3, 0.4) is 0 Å². The number of hydrogen-bond donors (Lipinski definition) is 2. The third-order valence-electron chi connectivity index (χ3n) is 3.63. The van der Waals surface area contributed by atoms with E-state index in [1.54, 1.807) is 22.3 Å². The van der Waals surface area contributed by atoms with Gasteiger partial charge in [-0.1, -0.05) is 6.07 Å². The van der Waals surface area contributed by atoms with Gasteiger partial charge in [0.25, 0.3) is 0 Å². The molecule has 3 heterocycles. The number of thiophene rings is 1. The Morgan fingerprint density at radius 3 is 3.18 bits per heavy atom. The number of hydrogen-bond acceptors (Lipinski definition) is 5. The first-order chi connectivity index (χ1) is 10.7. The molecule has 2 amide bonds. The third kappa shape index (κ3) is 3.51. The number of amides is 2. The van der Waals surface area contributed by atoms with E-state index in [9.17, 15) is 9.59 Å². The lowest BCUT2D eigenvalue weighted by atomic mass is 9.96. The summed E-state index contributed by atoms with van der Waals surface area (Å²) >= 11 is 1.59. The van der Waals surface area contributed by atoms with E-state index < -0.39 is 0 Å². The van der Waals surface area contributed by atoms with Gasteiger partial charge in [0, 0.05) is 17.7 Å². The summed E-state index contributed by atoms with van der Waals surface area (Å²) in [6, 6.07) is 3.72. The quantitative estimate of drug-likeness (QED) is 0.855. The van der Waals surface area contributed by atoms with Crippen molar-refractivity contribution in [2.75, 3.05) is 0 Å². The van der Waals surface area contributed by atoms with Gasteiger partial charge in [-0.25, -0.2) is 4.98 Å². The van der Waals surface area contributed by atoms with Crippen molar-refractivity contribution in [3.63, 3.8) is 0 Å². The maximum Gasteiger partial charge on any atom is 0.222 e. The summed E-state index contributed by atoms with van der Waals surface area (Å²) in [6.45, 7) is 0.495. The van der Waals surface area contributed by atoms with Gasteiger partial charge >= 0.3 is 0 Å². The summed E-state index contributed by atoms with van der Waals surface area (Å²) < 4.78 is 1.62. The van der Waals surface area contributed by atoms with Crippen LogP contribution in [0.15, 0.2) is 30.2 Å². The first-order valence-corrected chi connectivity index (χ1v) is 8.05. The number of piperidine rings is 1. The topological polar surface area (TPSA) is 88.9 Å². The molecule has 1 saturated heterocycles. The van der Waals surface area contributed by atoms with Crippen LogP contribution in [0.5, 0.6) is 0 Å². The van der Waals surface area contributed by atoms with Gasteiger partial charge in [-0.3, -0.25) is 14.3 Å². The zero-order valence-electron chi connectivity index (χ0n) is 11.9. The zero-order chi connectivity index (χ0) is 15.4. The van der Waals surface area contributed by atoms with Crippen LogP contribution in [0.1, 0.15) is 30.2 Å². The average Bonchev–Trinajstić information content (AvgIpc) is 3.20. The highest BCUT2D eigenvalue weighted by atomic mass is 32.1.